The molecular formula is C7H10ClNS. The second kappa shape index (κ2) is 3.96. The fraction of sp³-hybridized carbons (Fsp3) is 0.429. The summed E-state index contributed by atoms with van der Waals surface area (Å²) < 4.78 is 16.5. The highest BCUT2D eigenvalue weighted by Gasteiger charge is 1.98. The van der Waals surface area contributed by atoms with Gasteiger partial charge in [-0.2, -0.15) is 0 Å². The van der Waals surface area contributed by atoms with Gasteiger partial charge >= 0.3 is 0 Å². The summed E-state index contributed by atoms with van der Waals surface area (Å²) in [4.78, 5) is 0.638. The molecule has 0 aliphatic rings. The molecule has 0 amide bonds. The quantitative estimate of drug-likeness (QED) is 0.642. The lowest BCUT2D eigenvalue weighted by Crippen LogP contribution is -2.08. The zero-order chi connectivity index (χ0) is 9.19. The molecule has 0 radical (unpaired) electrons. The van der Waals surface area contributed by atoms with Gasteiger partial charge in [-0.15, -0.1) is 11.3 Å². The monoisotopic (exact) mass is 177 g/mol. The average Bonchev–Trinajstić information content (AvgIpc) is 2.55. The summed E-state index contributed by atoms with van der Waals surface area (Å²) in [6, 6.07) is 3.56. The van der Waals surface area contributed by atoms with Crippen molar-refractivity contribution in [3.05, 3.63) is 22.4 Å². The summed E-state index contributed by atoms with van der Waals surface area (Å²) in [5.41, 5.74) is 0. The molecule has 0 aliphatic heterocycles. The minimum Gasteiger partial charge on any atom is -0.215 e. The largest absolute Gasteiger partial charge is 0.215 e. The minimum atomic E-state index is -1.55. The van der Waals surface area contributed by atoms with E-state index in [2.05, 4.69) is 0 Å². The standard InChI is InChI=1S/C7H10ClNS/c1-2-9(8)6-7-4-3-5-10-7/h3-5H,2,6H2,1H3/i6D2. The first kappa shape index (κ1) is 5.58. The second-order valence-corrected chi connectivity index (χ2v) is 3.12. The van der Waals surface area contributed by atoms with Crippen LogP contribution in [-0.2, 0) is 6.50 Å². The fourth-order valence-electron chi connectivity index (χ4n) is 0.541. The van der Waals surface area contributed by atoms with Crippen LogP contribution in [0, 0.1) is 0 Å². The van der Waals surface area contributed by atoms with E-state index in [1.54, 1.807) is 6.07 Å². The lowest BCUT2D eigenvalue weighted by Gasteiger charge is -2.07. The van der Waals surface area contributed by atoms with E-state index in [9.17, 15) is 0 Å². The van der Waals surface area contributed by atoms with Crippen LogP contribution in [-0.4, -0.2) is 11.0 Å². The molecule has 10 heavy (non-hydrogen) atoms. The molecule has 0 atom stereocenters. The number of hydrogen-bond acceptors (Lipinski definition) is 2. The lowest BCUT2D eigenvalue weighted by atomic mass is 10.4. The summed E-state index contributed by atoms with van der Waals surface area (Å²) in [7, 11) is 0. The molecule has 0 aliphatic carbocycles. The third-order valence-electron chi connectivity index (χ3n) is 1.03. The maximum absolute atomic E-state index is 7.66. The van der Waals surface area contributed by atoms with Crippen LogP contribution in [0.5, 0.6) is 0 Å². The van der Waals surface area contributed by atoms with E-state index < -0.39 is 6.50 Å². The first-order valence-corrected chi connectivity index (χ1v) is 4.28. The van der Waals surface area contributed by atoms with Crippen molar-refractivity contribution in [1.29, 1.82) is 0 Å². The van der Waals surface area contributed by atoms with Gasteiger partial charge in [0.2, 0.25) is 0 Å². The Morgan fingerprint density at radius 2 is 2.70 bits per heavy atom. The maximum atomic E-state index is 7.66. The summed E-state index contributed by atoms with van der Waals surface area (Å²) in [6.45, 7) is 0.745. The molecule has 0 fully saturated rings. The molecule has 0 unspecified atom stereocenters. The molecule has 1 rings (SSSR count). The van der Waals surface area contributed by atoms with Gasteiger partial charge in [-0.1, -0.05) is 13.0 Å². The molecule has 1 aromatic heterocycles. The molecule has 0 bridgehead atoms. The smallest absolute Gasteiger partial charge is 0.0504 e. The van der Waals surface area contributed by atoms with Gasteiger partial charge in [-0.05, 0) is 23.2 Å². The maximum Gasteiger partial charge on any atom is 0.0504 e. The van der Waals surface area contributed by atoms with Crippen LogP contribution < -0.4 is 0 Å². The lowest BCUT2D eigenvalue weighted by molar-refractivity contribution is 0.480. The van der Waals surface area contributed by atoms with Gasteiger partial charge in [-0.3, -0.25) is 0 Å². The SMILES string of the molecule is [2H]C([2H])(c1cccs1)N(Cl)CC. The van der Waals surface area contributed by atoms with Crippen LogP contribution in [0.2, 0.25) is 0 Å². The van der Waals surface area contributed by atoms with E-state index in [-0.39, 0.29) is 0 Å². The Bertz CT molecular complexity index is 238. The van der Waals surface area contributed by atoms with Gasteiger partial charge in [-0.25, -0.2) is 4.42 Å². The molecule has 3 heteroatoms. The van der Waals surface area contributed by atoms with E-state index >= 15 is 0 Å². The van der Waals surface area contributed by atoms with E-state index in [0.29, 0.717) is 11.4 Å². The molecule has 0 saturated heterocycles. The molecule has 0 aromatic carbocycles. The fourth-order valence-corrected chi connectivity index (χ4v) is 1.31. The summed E-state index contributed by atoms with van der Waals surface area (Å²) in [5, 5.41) is 1.84. The number of hydrogen-bond donors (Lipinski definition) is 0. The van der Waals surface area contributed by atoms with Gasteiger partial charge in [0.05, 0.1) is 2.74 Å². The normalized spacial score (nSPS) is 15.1. The summed E-state index contributed by atoms with van der Waals surface area (Å²) >= 11 is 7.09. The number of halogens is 1. The third-order valence-corrected chi connectivity index (χ3v) is 2.13. The Kier molecular flexibility index (Phi) is 2.21. The van der Waals surface area contributed by atoms with Gasteiger partial charge in [0.25, 0.3) is 0 Å². The van der Waals surface area contributed by atoms with Crippen molar-refractivity contribution in [1.82, 2.24) is 4.42 Å². The first-order valence-electron chi connectivity index (χ1n) is 4.06. The van der Waals surface area contributed by atoms with Crippen LogP contribution in [0.15, 0.2) is 17.5 Å². The van der Waals surface area contributed by atoms with Crippen LogP contribution in [0.4, 0.5) is 0 Å². The highest BCUT2D eigenvalue weighted by Crippen LogP contribution is 2.12. The van der Waals surface area contributed by atoms with Crippen LogP contribution in [0.3, 0.4) is 0 Å². The van der Waals surface area contributed by atoms with Crippen LogP contribution in [0.25, 0.3) is 0 Å². The molecular weight excluding hydrogens is 166 g/mol. The molecule has 56 valence electrons. The zero-order valence-corrected chi connectivity index (χ0v) is 7.25. The molecule has 0 spiro atoms. The number of rotatable bonds is 3. The Morgan fingerprint density at radius 3 is 3.20 bits per heavy atom. The van der Waals surface area contributed by atoms with Crippen molar-refractivity contribution in [2.24, 2.45) is 0 Å². The average molecular weight is 178 g/mol. The third kappa shape index (κ3) is 2.29. The van der Waals surface area contributed by atoms with Gasteiger partial charge in [0.15, 0.2) is 0 Å². The van der Waals surface area contributed by atoms with E-state index in [0.717, 1.165) is 0 Å². The minimum absolute atomic E-state index is 0.479. The summed E-state index contributed by atoms with van der Waals surface area (Å²) in [6.07, 6.45) is 0. The van der Waals surface area contributed by atoms with Crippen molar-refractivity contribution >= 4 is 23.1 Å². The molecule has 1 aromatic rings. The Morgan fingerprint density at radius 1 is 1.90 bits per heavy atom. The molecule has 0 saturated carbocycles. The predicted octanol–water partition coefficient (Wildman–Crippen LogP) is 2.72. The van der Waals surface area contributed by atoms with Crippen molar-refractivity contribution in [3.63, 3.8) is 0 Å². The number of nitrogens with zero attached hydrogens (tertiary/aromatic N) is 1. The van der Waals surface area contributed by atoms with Gasteiger partial charge in [0.1, 0.15) is 0 Å². The first-order chi connectivity index (χ1) is 5.59. The van der Waals surface area contributed by atoms with Crippen LogP contribution in [0.1, 0.15) is 14.5 Å². The molecule has 1 heterocycles. The van der Waals surface area contributed by atoms with E-state index in [1.165, 1.54) is 15.8 Å². The highest BCUT2D eigenvalue weighted by atomic mass is 35.5. The summed E-state index contributed by atoms with van der Waals surface area (Å²) in [5.74, 6) is 0. The Balaban J connectivity index is 2.85. The topological polar surface area (TPSA) is 3.24 Å². The van der Waals surface area contributed by atoms with Crippen molar-refractivity contribution in [2.45, 2.75) is 13.4 Å². The predicted molar refractivity (Wildman–Crippen MR) is 46.3 cm³/mol. The van der Waals surface area contributed by atoms with Crippen molar-refractivity contribution in [2.75, 3.05) is 6.54 Å². The zero-order valence-electron chi connectivity index (χ0n) is 7.67. The van der Waals surface area contributed by atoms with Gasteiger partial charge in [0, 0.05) is 17.9 Å². The van der Waals surface area contributed by atoms with Gasteiger partial charge < -0.3 is 0 Å². The van der Waals surface area contributed by atoms with E-state index in [1.807, 2.05) is 18.4 Å². The van der Waals surface area contributed by atoms with Crippen LogP contribution >= 0.6 is 23.1 Å². The highest BCUT2D eigenvalue weighted by molar-refractivity contribution is 7.09. The second-order valence-electron chi connectivity index (χ2n) is 1.77. The molecule has 0 N–H and O–H groups in total. The van der Waals surface area contributed by atoms with Crippen molar-refractivity contribution < 1.29 is 2.74 Å². The Labute approximate surface area is 73.2 Å². The Hall–Kier alpha value is -0.0500. The van der Waals surface area contributed by atoms with Crippen molar-refractivity contribution in [3.8, 4) is 0 Å². The molecule has 1 nitrogen and oxygen atoms in total. The van der Waals surface area contributed by atoms with E-state index in [4.69, 9.17) is 14.5 Å². The number of thiophene rings is 1.